The Morgan fingerprint density at radius 3 is 2.25 bits per heavy atom. The van der Waals surface area contributed by atoms with Gasteiger partial charge in [-0.25, -0.2) is 0 Å². The number of nitrogens with one attached hydrogen (secondary N) is 1. The predicted molar refractivity (Wildman–Crippen MR) is 32.4 cm³/mol. The number of allylic oxidation sites excluding steroid dienone is 1. The first-order chi connectivity index (χ1) is 3.66. The first-order valence-corrected chi connectivity index (χ1v) is 2.41. The van der Waals surface area contributed by atoms with E-state index in [9.17, 15) is 0 Å². The highest BCUT2D eigenvalue weighted by atomic mass is 16.5. The maximum atomic E-state index is 8.24. The summed E-state index contributed by atoms with van der Waals surface area (Å²) in [6.45, 7) is 1.78. The van der Waals surface area contributed by atoms with Crippen LogP contribution in [0.2, 0.25) is 0 Å². The fourth-order valence-electron chi connectivity index (χ4n) is 0.416. The van der Waals surface area contributed by atoms with Crippen molar-refractivity contribution in [2.75, 3.05) is 14.1 Å². The van der Waals surface area contributed by atoms with Gasteiger partial charge in [0, 0.05) is 20.3 Å². The third-order valence-electron chi connectivity index (χ3n) is 0.628. The second-order valence-electron chi connectivity index (χ2n) is 1.89. The van der Waals surface area contributed by atoms with Crippen LogP contribution in [0, 0.1) is 0 Å². The molecule has 0 amide bonds. The number of hydroxylamine groups is 1. The fourth-order valence-corrected chi connectivity index (χ4v) is 0.416. The summed E-state index contributed by atoms with van der Waals surface area (Å²) < 4.78 is 0. The van der Waals surface area contributed by atoms with E-state index in [4.69, 9.17) is 5.21 Å². The van der Waals surface area contributed by atoms with E-state index >= 15 is 0 Å². The van der Waals surface area contributed by atoms with Gasteiger partial charge in [-0.05, 0) is 6.92 Å². The highest BCUT2D eigenvalue weighted by molar-refractivity contribution is 4.89. The Bertz CT molecular complexity index is 88.4. The van der Waals surface area contributed by atoms with Gasteiger partial charge < -0.3 is 4.90 Å². The first-order valence-electron chi connectivity index (χ1n) is 2.41. The van der Waals surface area contributed by atoms with E-state index in [1.54, 1.807) is 13.1 Å². The summed E-state index contributed by atoms with van der Waals surface area (Å²) in [5.74, 6) is 0. The van der Waals surface area contributed by atoms with E-state index in [2.05, 4.69) is 0 Å². The largest absolute Gasteiger partial charge is 0.382 e. The Balaban J connectivity index is 3.56. The molecule has 0 spiro atoms. The lowest BCUT2D eigenvalue weighted by Gasteiger charge is -2.05. The molecule has 0 heterocycles. The van der Waals surface area contributed by atoms with E-state index in [0.717, 1.165) is 5.70 Å². The summed E-state index contributed by atoms with van der Waals surface area (Å²) >= 11 is 0. The smallest absolute Gasteiger partial charge is 0.0503 e. The molecule has 0 atom stereocenters. The Kier molecular flexibility index (Phi) is 3.03. The molecule has 0 bridgehead atoms. The molecule has 8 heavy (non-hydrogen) atoms. The second kappa shape index (κ2) is 3.32. The highest BCUT2D eigenvalue weighted by Gasteiger charge is 1.81. The van der Waals surface area contributed by atoms with Gasteiger partial charge in [0.1, 0.15) is 0 Å². The molecule has 0 rings (SSSR count). The number of hydrogen-bond donors (Lipinski definition) is 2. The lowest BCUT2D eigenvalue weighted by Crippen LogP contribution is -2.09. The van der Waals surface area contributed by atoms with E-state index in [-0.39, 0.29) is 0 Å². The van der Waals surface area contributed by atoms with Crippen LogP contribution in [0.25, 0.3) is 0 Å². The average molecular weight is 116 g/mol. The molecular formula is C5H12N2O. The maximum absolute atomic E-state index is 8.24. The molecular weight excluding hydrogens is 104 g/mol. The van der Waals surface area contributed by atoms with Gasteiger partial charge in [-0.3, -0.25) is 10.7 Å². The van der Waals surface area contributed by atoms with Gasteiger partial charge in [-0.2, -0.15) is 0 Å². The van der Waals surface area contributed by atoms with Crippen LogP contribution in [0.4, 0.5) is 0 Å². The van der Waals surface area contributed by atoms with Gasteiger partial charge in [0.2, 0.25) is 0 Å². The number of rotatable bonds is 2. The quantitative estimate of drug-likeness (QED) is 0.512. The minimum atomic E-state index is 0.731. The summed E-state index contributed by atoms with van der Waals surface area (Å²) in [7, 11) is 3.78. The normalized spacial score (nSPS) is 11.2. The zero-order chi connectivity index (χ0) is 6.57. The number of hydrogen-bond acceptors (Lipinski definition) is 3. The zero-order valence-corrected chi connectivity index (χ0v) is 5.47. The second-order valence-corrected chi connectivity index (χ2v) is 1.89. The molecule has 0 aromatic rings. The van der Waals surface area contributed by atoms with Crippen LogP contribution in [-0.4, -0.2) is 24.2 Å². The van der Waals surface area contributed by atoms with Gasteiger partial charge in [-0.1, -0.05) is 0 Å². The van der Waals surface area contributed by atoms with Crippen LogP contribution in [0.15, 0.2) is 11.9 Å². The van der Waals surface area contributed by atoms with Gasteiger partial charge >= 0.3 is 0 Å². The molecule has 2 N–H and O–H groups in total. The van der Waals surface area contributed by atoms with Crippen LogP contribution >= 0.6 is 0 Å². The lowest BCUT2D eigenvalue weighted by molar-refractivity contribution is 0.198. The van der Waals surface area contributed by atoms with E-state index < -0.39 is 0 Å². The molecule has 0 aliphatic carbocycles. The van der Waals surface area contributed by atoms with Crippen molar-refractivity contribution in [3.63, 3.8) is 0 Å². The Labute approximate surface area is 49.6 Å². The molecule has 0 aromatic heterocycles. The summed E-state index contributed by atoms with van der Waals surface area (Å²) in [4.78, 5) is 1.85. The van der Waals surface area contributed by atoms with Crippen molar-refractivity contribution >= 4 is 0 Å². The minimum absolute atomic E-state index is 0.731. The monoisotopic (exact) mass is 116 g/mol. The molecule has 3 heteroatoms. The summed E-state index contributed by atoms with van der Waals surface area (Å²) in [6.07, 6.45) is 1.78. The van der Waals surface area contributed by atoms with Crippen LogP contribution in [-0.2, 0) is 0 Å². The van der Waals surface area contributed by atoms with Crippen LogP contribution in [0.1, 0.15) is 6.92 Å². The Morgan fingerprint density at radius 2 is 2.12 bits per heavy atom. The van der Waals surface area contributed by atoms with Crippen molar-refractivity contribution in [2.24, 2.45) is 0 Å². The highest BCUT2D eigenvalue weighted by Crippen LogP contribution is 1.84. The third-order valence-corrected chi connectivity index (χ3v) is 0.628. The van der Waals surface area contributed by atoms with Gasteiger partial charge in [-0.15, -0.1) is 0 Å². The Morgan fingerprint density at radius 1 is 1.62 bits per heavy atom. The van der Waals surface area contributed by atoms with Crippen molar-refractivity contribution in [3.05, 3.63) is 11.9 Å². The van der Waals surface area contributed by atoms with Gasteiger partial charge in [0.15, 0.2) is 0 Å². The molecule has 48 valence electrons. The molecule has 0 aliphatic heterocycles. The topological polar surface area (TPSA) is 35.5 Å². The van der Waals surface area contributed by atoms with Crippen molar-refractivity contribution in [3.8, 4) is 0 Å². The fraction of sp³-hybridized carbons (Fsp3) is 0.600. The molecule has 0 fully saturated rings. The number of nitrogens with zero attached hydrogens (tertiary/aromatic N) is 1. The average Bonchev–Trinajstić information content (AvgIpc) is 1.65. The summed E-state index contributed by atoms with van der Waals surface area (Å²) in [5, 5.41) is 8.24. The van der Waals surface area contributed by atoms with Crippen molar-refractivity contribution in [2.45, 2.75) is 6.92 Å². The van der Waals surface area contributed by atoms with E-state index in [1.165, 1.54) is 0 Å². The SMILES string of the molecule is C/C(=C\N(C)C)NO. The standard InChI is InChI=1S/C5H12N2O/c1-5(6-8)4-7(2)3/h4,6,8H,1-3H3/b5-4+. The van der Waals surface area contributed by atoms with Gasteiger partial charge in [0.25, 0.3) is 0 Å². The van der Waals surface area contributed by atoms with E-state index in [0.29, 0.717) is 0 Å². The van der Waals surface area contributed by atoms with Crippen LogP contribution in [0.5, 0.6) is 0 Å². The zero-order valence-electron chi connectivity index (χ0n) is 5.47. The van der Waals surface area contributed by atoms with Crippen molar-refractivity contribution < 1.29 is 5.21 Å². The third kappa shape index (κ3) is 3.49. The molecule has 0 unspecified atom stereocenters. The molecule has 3 nitrogen and oxygen atoms in total. The molecule has 0 radical (unpaired) electrons. The molecule has 0 saturated carbocycles. The minimum Gasteiger partial charge on any atom is -0.382 e. The van der Waals surface area contributed by atoms with Gasteiger partial charge in [0.05, 0.1) is 5.70 Å². The Hall–Kier alpha value is -0.700. The van der Waals surface area contributed by atoms with Crippen molar-refractivity contribution in [1.82, 2.24) is 10.4 Å². The lowest BCUT2D eigenvalue weighted by atomic mass is 10.5. The predicted octanol–water partition coefficient (Wildman–Crippen LogP) is 0.388. The summed E-state index contributed by atoms with van der Waals surface area (Å²) in [6, 6.07) is 0. The molecule has 0 saturated heterocycles. The van der Waals surface area contributed by atoms with E-state index in [1.807, 2.05) is 24.5 Å². The molecule has 0 aliphatic rings. The summed E-state index contributed by atoms with van der Waals surface area (Å²) in [5.41, 5.74) is 2.75. The van der Waals surface area contributed by atoms with Crippen molar-refractivity contribution in [1.29, 1.82) is 0 Å². The van der Waals surface area contributed by atoms with Crippen LogP contribution in [0.3, 0.4) is 0 Å². The molecule has 0 aromatic carbocycles. The first kappa shape index (κ1) is 7.30. The van der Waals surface area contributed by atoms with Crippen LogP contribution < -0.4 is 5.48 Å². The maximum Gasteiger partial charge on any atom is 0.0503 e.